The van der Waals surface area contributed by atoms with E-state index in [0.717, 1.165) is 12.1 Å². The molecule has 3 aromatic heterocycles. The van der Waals surface area contributed by atoms with E-state index in [9.17, 15) is 18.7 Å². The first-order valence-electron chi connectivity index (χ1n) is 14.8. The number of piperazine rings is 1. The number of fused-ring (bicyclic) bond motifs is 1. The predicted octanol–water partition coefficient (Wildman–Crippen LogP) is 5.95. The van der Waals surface area contributed by atoms with E-state index in [1.165, 1.54) is 24.3 Å². The van der Waals surface area contributed by atoms with Crippen molar-refractivity contribution in [3.05, 3.63) is 84.2 Å². The van der Waals surface area contributed by atoms with Gasteiger partial charge in [0.05, 0.1) is 67.0 Å². The number of nitrogens with zero attached hydrogens (tertiary/aromatic N) is 5. The van der Waals surface area contributed by atoms with Crippen LogP contribution in [0.4, 0.5) is 26.0 Å². The van der Waals surface area contributed by atoms with Gasteiger partial charge in [0.1, 0.15) is 29.0 Å². The lowest BCUT2D eigenvalue weighted by atomic mass is 10.1. The number of pyridine rings is 2. The molecule has 1 aliphatic rings. The Kier molecular flexibility index (Phi) is 8.46. The molecule has 4 heterocycles. The Morgan fingerprint density at radius 2 is 1.80 bits per heavy atom. The van der Waals surface area contributed by atoms with E-state index < -0.39 is 11.6 Å². The topological polar surface area (TPSA) is 105 Å². The lowest BCUT2D eigenvalue weighted by Gasteiger charge is -2.36. The van der Waals surface area contributed by atoms with Crippen LogP contribution in [0.2, 0.25) is 0 Å². The summed E-state index contributed by atoms with van der Waals surface area (Å²) in [6.45, 7) is 5.98. The van der Waals surface area contributed by atoms with Crippen LogP contribution < -0.4 is 19.7 Å². The first-order chi connectivity index (χ1) is 22.2. The highest BCUT2D eigenvalue weighted by atomic mass is 19.1. The lowest BCUT2D eigenvalue weighted by molar-refractivity contribution is -0.121. The van der Waals surface area contributed by atoms with Crippen molar-refractivity contribution in [3.63, 3.8) is 0 Å². The van der Waals surface area contributed by atoms with Crippen LogP contribution in [0.3, 0.4) is 0 Å². The van der Waals surface area contributed by atoms with Gasteiger partial charge in [-0.15, -0.1) is 0 Å². The Labute approximate surface area is 264 Å². The molecule has 10 nitrogen and oxygen atoms in total. The minimum Gasteiger partial charge on any atom is -0.497 e. The molecule has 1 aliphatic heterocycles. The van der Waals surface area contributed by atoms with Gasteiger partial charge in [-0.1, -0.05) is 6.07 Å². The van der Waals surface area contributed by atoms with Crippen LogP contribution in [0.5, 0.6) is 17.4 Å². The number of anilines is 3. The first-order valence-corrected chi connectivity index (χ1v) is 14.8. The molecule has 46 heavy (non-hydrogen) atoms. The van der Waals surface area contributed by atoms with Gasteiger partial charge in [-0.3, -0.25) is 9.69 Å². The Bertz CT molecular complexity index is 1890. The Hall–Kier alpha value is -5.23. The molecule has 2 N–H and O–H groups in total. The predicted molar refractivity (Wildman–Crippen MR) is 172 cm³/mol. The van der Waals surface area contributed by atoms with Crippen LogP contribution in [0.1, 0.15) is 19.4 Å². The lowest BCUT2D eigenvalue weighted by Crippen LogP contribution is -2.52. The van der Waals surface area contributed by atoms with Gasteiger partial charge < -0.3 is 29.4 Å². The number of hydrogen-bond acceptors (Lipinski definition) is 8. The molecule has 0 unspecified atom stereocenters. The molecule has 0 atom stereocenters. The summed E-state index contributed by atoms with van der Waals surface area (Å²) in [5, 5.41) is 15.0. The minimum absolute atomic E-state index is 0.00499. The molecule has 12 heteroatoms. The highest BCUT2D eigenvalue weighted by Crippen LogP contribution is 2.39. The number of carbonyl (C=O) groups is 1. The maximum absolute atomic E-state index is 14.9. The molecule has 0 saturated carbocycles. The van der Waals surface area contributed by atoms with Gasteiger partial charge in [0.15, 0.2) is 0 Å². The molecule has 0 spiro atoms. The number of benzene rings is 2. The largest absolute Gasteiger partial charge is 0.497 e. The molecule has 0 radical (unpaired) electrons. The molecular formula is C34H34F2N6O4. The van der Waals surface area contributed by atoms with E-state index in [-0.39, 0.29) is 35.6 Å². The highest BCUT2D eigenvalue weighted by molar-refractivity contribution is 5.99. The van der Waals surface area contributed by atoms with Gasteiger partial charge in [-0.2, -0.15) is 0 Å². The van der Waals surface area contributed by atoms with Gasteiger partial charge in [-0.25, -0.2) is 18.7 Å². The maximum atomic E-state index is 14.9. The summed E-state index contributed by atoms with van der Waals surface area (Å²) in [5.74, 6) is -0.0850. The van der Waals surface area contributed by atoms with E-state index in [2.05, 4.69) is 34.0 Å². The van der Waals surface area contributed by atoms with Crippen molar-refractivity contribution >= 4 is 34.0 Å². The second-order valence-electron chi connectivity index (χ2n) is 11.3. The van der Waals surface area contributed by atoms with Crippen LogP contribution in [0.15, 0.2) is 67.0 Å². The number of carbonyl (C=O) groups excluding carboxylic acids is 1. The summed E-state index contributed by atoms with van der Waals surface area (Å²) in [6.07, 6.45) is 3.21. The van der Waals surface area contributed by atoms with Crippen molar-refractivity contribution in [1.29, 1.82) is 0 Å². The van der Waals surface area contributed by atoms with Crippen LogP contribution in [-0.2, 0) is 11.3 Å². The molecule has 1 amide bonds. The smallest absolute Gasteiger partial charge is 0.241 e. The van der Waals surface area contributed by atoms with Gasteiger partial charge in [0, 0.05) is 37.0 Å². The third kappa shape index (κ3) is 5.91. The number of methoxy groups -OCH3 is 2. The maximum Gasteiger partial charge on any atom is 0.241 e. The van der Waals surface area contributed by atoms with Crippen LogP contribution in [0, 0.1) is 11.6 Å². The molecule has 0 bridgehead atoms. The van der Waals surface area contributed by atoms with Crippen LogP contribution in [-0.4, -0.2) is 70.3 Å². The van der Waals surface area contributed by atoms with E-state index in [1.54, 1.807) is 60.3 Å². The van der Waals surface area contributed by atoms with Gasteiger partial charge in [-0.05, 0) is 56.3 Å². The summed E-state index contributed by atoms with van der Waals surface area (Å²) in [4.78, 5) is 25.7. The van der Waals surface area contributed by atoms with E-state index in [4.69, 9.17) is 9.47 Å². The van der Waals surface area contributed by atoms with Crippen molar-refractivity contribution in [1.82, 2.24) is 19.4 Å². The molecule has 2 aromatic carbocycles. The number of rotatable bonds is 9. The number of ether oxygens (including phenoxy) is 2. The summed E-state index contributed by atoms with van der Waals surface area (Å²) in [6, 6.07) is 14.2. The van der Waals surface area contributed by atoms with Crippen LogP contribution >= 0.6 is 0 Å². The molecule has 6 rings (SSSR count). The van der Waals surface area contributed by atoms with Crippen LogP contribution in [0.25, 0.3) is 22.2 Å². The van der Waals surface area contributed by atoms with Crippen molar-refractivity contribution in [2.24, 2.45) is 0 Å². The fourth-order valence-corrected chi connectivity index (χ4v) is 5.66. The molecular weight excluding hydrogens is 594 g/mol. The molecule has 0 aliphatic carbocycles. The Morgan fingerprint density at radius 1 is 1.02 bits per heavy atom. The first kappa shape index (κ1) is 30.8. The quantitative estimate of drug-likeness (QED) is 0.207. The van der Waals surface area contributed by atoms with Crippen molar-refractivity contribution < 1.29 is 28.2 Å². The third-order valence-electron chi connectivity index (χ3n) is 8.18. The van der Waals surface area contributed by atoms with Gasteiger partial charge in [0.2, 0.25) is 11.8 Å². The molecule has 238 valence electrons. The number of nitrogens with one attached hydrogen (secondary N) is 1. The van der Waals surface area contributed by atoms with Crippen molar-refractivity contribution in [3.8, 4) is 28.6 Å². The Balaban J connectivity index is 1.38. The zero-order valence-corrected chi connectivity index (χ0v) is 25.9. The van der Waals surface area contributed by atoms with Gasteiger partial charge >= 0.3 is 0 Å². The average Bonchev–Trinajstić information content (AvgIpc) is 3.36. The monoisotopic (exact) mass is 628 g/mol. The highest BCUT2D eigenvalue weighted by Gasteiger charge is 2.27. The van der Waals surface area contributed by atoms with E-state index in [0.29, 0.717) is 52.7 Å². The van der Waals surface area contributed by atoms with Crippen molar-refractivity contribution in [2.75, 3.05) is 44.1 Å². The van der Waals surface area contributed by atoms with E-state index >= 15 is 0 Å². The number of aromatic nitrogens is 3. The zero-order chi connectivity index (χ0) is 32.5. The zero-order valence-electron chi connectivity index (χ0n) is 25.9. The SMILES string of the molecule is COc1ccc(Cn2cc3nc(-c4c(F)cccc4F)cc(Nc4ccc(N5CCN(C(C)C)CC5=O)cn4)c3c2O)c(OC)c1. The van der Waals surface area contributed by atoms with Crippen molar-refractivity contribution in [2.45, 2.75) is 26.4 Å². The second-order valence-corrected chi connectivity index (χ2v) is 11.3. The average molecular weight is 629 g/mol. The molecule has 5 aromatic rings. The molecule has 1 saturated heterocycles. The number of amides is 1. The number of hydrogen-bond donors (Lipinski definition) is 2. The third-order valence-corrected chi connectivity index (χ3v) is 8.18. The fraction of sp³-hybridized carbons (Fsp3) is 0.265. The number of aromatic hydroxyl groups is 1. The minimum atomic E-state index is -0.769. The fourth-order valence-electron chi connectivity index (χ4n) is 5.66. The normalized spacial score (nSPS) is 13.9. The second kappa shape index (κ2) is 12.6. The van der Waals surface area contributed by atoms with Gasteiger partial charge in [0.25, 0.3) is 0 Å². The summed E-state index contributed by atoms with van der Waals surface area (Å²) < 4.78 is 42.2. The Morgan fingerprint density at radius 3 is 2.46 bits per heavy atom. The summed E-state index contributed by atoms with van der Waals surface area (Å²) in [7, 11) is 3.11. The number of halogens is 2. The summed E-state index contributed by atoms with van der Waals surface area (Å²) in [5.41, 5.74) is 1.81. The standard InChI is InChI=1S/C34H34F2N6O4/c1-20(2)40-12-13-42(31(43)19-40)22-9-11-30(37-16-22)39-27-15-26(32-24(35)6-5-7-25(32)36)38-28-18-41(34(44)33(27)28)17-21-8-10-23(45-3)14-29(21)46-4/h5-11,14-16,18,20,44H,12-13,17,19H2,1-4H3,(H,37,39). The molecule has 1 fully saturated rings. The van der Waals surface area contributed by atoms with E-state index in [1.807, 2.05) is 6.07 Å². The summed E-state index contributed by atoms with van der Waals surface area (Å²) >= 11 is 0.